The molecule has 0 saturated heterocycles. The lowest BCUT2D eigenvalue weighted by Crippen LogP contribution is -2.39. The maximum atomic E-state index is 13.7. The minimum Gasteiger partial charge on any atom is -0.322 e. The highest BCUT2D eigenvalue weighted by atomic mass is 35.5. The summed E-state index contributed by atoms with van der Waals surface area (Å²) in [4.78, 5) is 38.2. The van der Waals surface area contributed by atoms with E-state index < -0.39 is 38.1 Å². The van der Waals surface area contributed by atoms with E-state index in [9.17, 15) is 28.1 Å². The summed E-state index contributed by atoms with van der Waals surface area (Å²) >= 11 is 6.39. The van der Waals surface area contributed by atoms with Crippen molar-refractivity contribution in [1.82, 2.24) is 9.78 Å². The number of carbonyl (C=O) groups excluding carboxylic acids is 2. The number of nitrogens with zero attached hydrogens (tertiary/aromatic N) is 3. The maximum Gasteiger partial charge on any atom is 0.271 e. The molecule has 0 radical (unpaired) electrons. The summed E-state index contributed by atoms with van der Waals surface area (Å²) in [5.74, 6) is -1.29. The first-order chi connectivity index (χ1) is 23.2. The van der Waals surface area contributed by atoms with Crippen LogP contribution >= 0.6 is 11.6 Å². The minimum atomic E-state index is -3.66. The van der Waals surface area contributed by atoms with Gasteiger partial charge in [-0.25, -0.2) is 13.1 Å². The van der Waals surface area contributed by atoms with Crippen LogP contribution in [-0.4, -0.2) is 40.6 Å². The molecule has 3 rings (SSSR count). The zero-order valence-electron chi connectivity index (χ0n) is 29.3. The van der Waals surface area contributed by atoms with E-state index in [4.69, 9.17) is 11.6 Å². The van der Waals surface area contributed by atoms with Gasteiger partial charge < -0.3 is 5.32 Å². The van der Waals surface area contributed by atoms with Crippen LogP contribution in [0.15, 0.2) is 42.6 Å². The number of aromatic nitrogens is 2. The van der Waals surface area contributed by atoms with Crippen molar-refractivity contribution >= 4 is 61.3 Å². The van der Waals surface area contributed by atoms with Gasteiger partial charge in [0.05, 0.1) is 38.8 Å². The van der Waals surface area contributed by atoms with Crippen molar-refractivity contribution in [2.45, 2.75) is 124 Å². The van der Waals surface area contributed by atoms with Crippen LogP contribution in [0.4, 0.5) is 17.1 Å². The van der Waals surface area contributed by atoms with E-state index in [0.29, 0.717) is 11.8 Å². The molecular formula is C36H52ClN5O6S. The Morgan fingerprint density at radius 1 is 0.898 bits per heavy atom. The summed E-state index contributed by atoms with van der Waals surface area (Å²) in [6.45, 7) is 7.21. The smallest absolute Gasteiger partial charge is 0.271 e. The second-order valence-electron chi connectivity index (χ2n) is 13.8. The monoisotopic (exact) mass is 717 g/mol. The van der Waals surface area contributed by atoms with Crippen LogP contribution in [-0.2, 0) is 19.6 Å². The van der Waals surface area contributed by atoms with Crippen molar-refractivity contribution in [3.63, 3.8) is 0 Å². The lowest BCUT2D eigenvalue weighted by atomic mass is 9.86. The molecule has 2 N–H and O–H groups in total. The Hall–Kier alpha value is -3.51. The van der Waals surface area contributed by atoms with Crippen molar-refractivity contribution < 1.29 is 22.9 Å². The Bertz CT molecular complexity index is 1670. The van der Waals surface area contributed by atoms with E-state index in [1.165, 1.54) is 111 Å². The SMILES string of the molecule is CCCCCCCCCCCCCCCCS(=O)(=O)Nc1ccc(Cl)c(NC(=O)C(C(=O)C(C)(C)C)n2ncc3ccc([N+](=O)[O-])cc32)c1. The second-order valence-corrected chi connectivity index (χ2v) is 16.1. The fraction of sp³-hybridized carbons (Fsp3) is 0.583. The van der Waals surface area contributed by atoms with E-state index in [-0.39, 0.29) is 33.4 Å². The van der Waals surface area contributed by atoms with Crippen LogP contribution in [0.25, 0.3) is 10.9 Å². The van der Waals surface area contributed by atoms with Crippen LogP contribution in [0.2, 0.25) is 5.02 Å². The molecule has 0 aliphatic carbocycles. The molecule has 2 aromatic carbocycles. The number of hydrogen-bond acceptors (Lipinski definition) is 7. The second kappa shape index (κ2) is 19.0. The molecular weight excluding hydrogens is 666 g/mol. The van der Waals surface area contributed by atoms with Crippen LogP contribution in [0.3, 0.4) is 0 Å². The summed E-state index contributed by atoms with van der Waals surface area (Å²) in [6, 6.07) is 6.94. The number of benzene rings is 2. The van der Waals surface area contributed by atoms with Gasteiger partial charge in [-0.05, 0) is 30.7 Å². The first-order valence-corrected chi connectivity index (χ1v) is 19.5. The van der Waals surface area contributed by atoms with E-state index >= 15 is 0 Å². The quantitative estimate of drug-likeness (QED) is 0.0454. The van der Waals surface area contributed by atoms with Gasteiger partial charge in [0.25, 0.3) is 11.6 Å². The van der Waals surface area contributed by atoms with Gasteiger partial charge in [0, 0.05) is 22.9 Å². The number of anilines is 2. The number of nitro benzene ring substituents is 1. The molecule has 1 heterocycles. The van der Waals surface area contributed by atoms with Crippen LogP contribution < -0.4 is 10.0 Å². The van der Waals surface area contributed by atoms with Gasteiger partial charge >= 0.3 is 0 Å². The van der Waals surface area contributed by atoms with E-state index in [1.807, 2.05) is 0 Å². The molecule has 0 spiro atoms. The number of unbranched alkanes of at least 4 members (excludes halogenated alkanes) is 13. The summed E-state index contributed by atoms with van der Waals surface area (Å²) in [5.41, 5.74) is -0.645. The first kappa shape index (κ1) is 39.9. The molecule has 13 heteroatoms. The van der Waals surface area contributed by atoms with Gasteiger partial charge in [0.1, 0.15) is 0 Å². The van der Waals surface area contributed by atoms with Gasteiger partial charge in [-0.3, -0.25) is 24.4 Å². The Balaban J connectivity index is 1.56. The molecule has 1 unspecified atom stereocenters. The number of hydrogen-bond donors (Lipinski definition) is 2. The van der Waals surface area contributed by atoms with Crippen LogP contribution in [0.1, 0.15) is 124 Å². The molecule has 0 bridgehead atoms. The van der Waals surface area contributed by atoms with Crippen molar-refractivity contribution in [3.05, 3.63) is 57.7 Å². The number of nitro groups is 1. The Morgan fingerprint density at radius 3 is 2.02 bits per heavy atom. The predicted molar refractivity (Wildman–Crippen MR) is 198 cm³/mol. The van der Waals surface area contributed by atoms with Gasteiger partial charge in [-0.15, -0.1) is 0 Å². The normalized spacial score (nSPS) is 12.6. The Morgan fingerprint density at radius 2 is 1.47 bits per heavy atom. The number of amides is 1. The van der Waals surface area contributed by atoms with E-state index in [0.717, 1.165) is 19.3 Å². The molecule has 49 heavy (non-hydrogen) atoms. The number of nitrogens with one attached hydrogen (secondary N) is 2. The summed E-state index contributed by atoms with van der Waals surface area (Å²) in [7, 11) is -3.66. The highest BCUT2D eigenvalue weighted by molar-refractivity contribution is 7.92. The third kappa shape index (κ3) is 12.7. The molecule has 1 amide bonds. The molecule has 0 aliphatic rings. The van der Waals surface area contributed by atoms with E-state index in [2.05, 4.69) is 22.1 Å². The lowest BCUT2D eigenvalue weighted by molar-refractivity contribution is -0.384. The Labute approximate surface area is 295 Å². The number of ketones is 1. The molecule has 11 nitrogen and oxygen atoms in total. The molecule has 0 aliphatic heterocycles. The zero-order valence-corrected chi connectivity index (χ0v) is 30.9. The van der Waals surface area contributed by atoms with Crippen LogP contribution in [0.5, 0.6) is 0 Å². The number of sulfonamides is 1. The van der Waals surface area contributed by atoms with Crippen molar-refractivity contribution in [2.24, 2.45) is 5.41 Å². The number of rotatable bonds is 22. The highest BCUT2D eigenvalue weighted by Crippen LogP contribution is 2.32. The van der Waals surface area contributed by atoms with Gasteiger partial charge in [0.15, 0.2) is 11.8 Å². The maximum absolute atomic E-state index is 13.7. The summed E-state index contributed by atoms with van der Waals surface area (Å²) < 4.78 is 29.5. The largest absolute Gasteiger partial charge is 0.322 e. The average molecular weight is 718 g/mol. The van der Waals surface area contributed by atoms with Crippen LogP contribution in [0, 0.1) is 15.5 Å². The Kier molecular flexibility index (Phi) is 15.5. The topological polar surface area (TPSA) is 153 Å². The average Bonchev–Trinajstić information content (AvgIpc) is 3.45. The number of carbonyl (C=O) groups is 2. The fourth-order valence-electron chi connectivity index (χ4n) is 5.70. The van der Waals surface area contributed by atoms with Crippen molar-refractivity contribution in [1.29, 1.82) is 0 Å². The van der Waals surface area contributed by atoms with Gasteiger partial charge in [-0.1, -0.05) is 123 Å². The third-order valence-electron chi connectivity index (χ3n) is 8.54. The molecule has 1 atom stereocenters. The number of Topliss-reactive ketones (excluding diaryl/α,β-unsaturated/α-hetero) is 1. The molecule has 1 aromatic heterocycles. The van der Waals surface area contributed by atoms with Gasteiger partial charge in [0.2, 0.25) is 10.0 Å². The lowest BCUT2D eigenvalue weighted by Gasteiger charge is -2.25. The minimum absolute atomic E-state index is 0.0317. The van der Waals surface area contributed by atoms with Crippen molar-refractivity contribution in [3.8, 4) is 0 Å². The molecule has 0 saturated carbocycles. The zero-order chi connectivity index (χ0) is 36.0. The molecule has 3 aromatic rings. The number of halogens is 1. The third-order valence-corrected chi connectivity index (χ3v) is 10.2. The van der Waals surface area contributed by atoms with Crippen molar-refractivity contribution in [2.75, 3.05) is 15.8 Å². The first-order valence-electron chi connectivity index (χ1n) is 17.5. The fourth-order valence-corrected chi connectivity index (χ4v) is 7.04. The van der Waals surface area contributed by atoms with E-state index in [1.54, 1.807) is 20.8 Å². The molecule has 270 valence electrons. The number of non-ortho nitro benzene ring substituents is 1. The predicted octanol–water partition coefficient (Wildman–Crippen LogP) is 9.62. The highest BCUT2D eigenvalue weighted by Gasteiger charge is 2.38. The number of fused-ring (bicyclic) bond motifs is 1. The standard InChI is InChI=1S/C36H52ClN5O6S/c1-5-6-7-8-9-10-11-12-13-14-15-16-17-18-23-49(47,48)40-28-20-22-30(37)31(24-28)39-35(44)33(34(43)36(2,3)4)41-32-25-29(42(45)46)21-19-27(32)26-38-41/h19-22,24-26,33,40H,5-18,23H2,1-4H3,(H,39,44). The summed E-state index contributed by atoms with van der Waals surface area (Å²) in [6.07, 6.45) is 17.9. The molecule has 0 fully saturated rings. The van der Waals surface area contributed by atoms with Gasteiger partial charge in [-0.2, -0.15) is 5.10 Å². The summed E-state index contributed by atoms with van der Waals surface area (Å²) in [5, 5.41) is 19.0.